The van der Waals surface area contributed by atoms with E-state index in [1.807, 2.05) is 36.4 Å². The summed E-state index contributed by atoms with van der Waals surface area (Å²) < 4.78 is 2.05. The van der Waals surface area contributed by atoms with E-state index in [9.17, 15) is 0 Å². The number of aromatic nitrogens is 1. The summed E-state index contributed by atoms with van der Waals surface area (Å²) in [6.07, 6.45) is 2.51. The molecule has 0 aliphatic heterocycles. The summed E-state index contributed by atoms with van der Waals surface area (Å²) in [7, 11) is 0. The van der Waals surface area contributed by atoms with E-state index in [0.717, 1.165) is 26.6 Å². The average molecular weight is 375 g/mol. The zero-order valence-electron chi connectivity index (χ0n) is 8.91. The van der Waals surface area contributed by atoms with Crippen LogP contribution in [0, 0.1) is 0 Å². The first-order chi connectivity index (χ1) is 8.16. The van der Waals surface area contributed by atoms with Crippen molar-refractivity contribution >= 4 is 43.5 Å². The fourth-order valence-corrected chi connectivity index (χ4v) is 2.94. The fraction of sp³-hybridized carbons (Fsp3) is 0.154. The molecular formula is C13H10Br2ClN. The Morgan fingerprint density at radius 2 is 2.00 bits per heavy atom. The van der Waals surface area contributed by atoms with Gasteiger partial charge in [0, 0.05) is 27.3 Å². The predicted molar refractivity (Wildman–Crippen MR) is 78.4 cm³/mol. The molecule has 1 nitrogen and oxygen atoms in total. The van der Waals surface area contributed by atoms with Gasteiger partial charge >= 0.3 is 0 Å². The minimum Gasteiger partial charge on any atom is -0.261 e. The van der Waals surface area contributed by atoms with Crippen LogP contribution in [0.5, 0.6) is 0 Å². The summed E-state index contributed by atoms with van der Waals surface area (Å²) in [5.74, 6) is 0. The van der Waals surface area contributed by atoms with Crippen LogP contribution < -0.4 is 0 Å². The highest BCUT2D eigenvalue weighted by Crippen LogP contribution is 2.32. The van der Waals surface area contributed by atoms with Crippen LogP contribution in [0.2, 0.25) is 0 Å². The molecule has 2 rings (SSSR count). The van der Waals surface area contributed by atoms with Crippen molar-refractivity contribution in [3.05, 3.63) is 62.8 Å². The van der Waals surface area contributed by atoms with E-state index in [0.29, 0.717) is 0 Å². The molecular weight excluding hydrogens is 365 g/mol. The molecule has 0 bridgehead atoms. The van der Waals surface area contributed by atoms with Crippen LogP contribution in [-0.4, -0.2) is 4.98 Å². The van der Waals surface area contributed by atoms with Crippen molar-refractivity contribution in [1.82, 2.24) is 4.98 Å². The van der Waals surface area contributed by atoms with Crippen molar-refractivity contribution in [2.75, 3.05) is 0 Å². The number of halogens is 3. The number of hydrogen-bond donors (Lipinski definition) is 0. The lowest BCUT2D eigenvalue weighted by atomic mass is 10.1. The standard InChI is InChI=1S/C13H10Br2ClN/c14-9-4-5-12(15)11(7-9)13(16)8-10-3-1-2-6-17-10/h1-7,13H,8H2. The quantitative estimate of drug-likeness (QED) is 0.678. The fourth-order valence-electron chi connectivity index (χ4n) is 1.57. The second-order valence-corrected chi connectivity index (χ2v) is 5.96. The summed E-state index contributed by atoms with van der Waals surface area (Å²) in [4.78, 5) is 4.28. The highest BCUT2D eigenvalue weighted by molar-refractivity contribution is 9.11. The van der Waals surface area contributed by atoms with Gasteiger partial charge in [-0.2, -0.15) is 0 Å². The normalized spacial score (nSPS) is 12.4. The number of nitrogens with zero attached hydrogens (tertiary/aromatic N) is 1. The molecule has 1 aromatic heterocycles. The maximum absolute atomic E-state index is 6.43. The van der Waals surface area contributed by atoms with Gasteiger partial charge in [0.1, 0.15) is 0 Å². The van der Waals surface area contributed by atoms with E-state index in [4.69, 9.17) is 11.6 Å². The lowest BCUT2D eigenvalue weighted by Crippen LogP contribution is -1.98. The number of rotatable bonds is 3. The Morgan fingerprint density at radius 3 is 2.71 bits per heavy atom. The summed E-state index contributed by atoms with van der Waals surface area (Å²) in [6, 6.07) is 11.9. The van der Waals surface area contributed by atoms with Crippen LogP contribution >= 0.6 is 43.5 Å². The van der Waals surface area contributed by atoms with Crippen molar-refractivity contribution in [2.45, 2.75) is 11.8 Å². The Labute approximate surface area is 122 Å². The van der Waals surface area contributed by atoms with Crippen LogP contribution in [0.4, 0.5) is 0 Å². The topological polar surface area (TPSA) is 12.9 Å². The Kier molecular flexibility index (Phi) is 4.60. The van der Waals surface area contributed by atoms with Gasteiger partial charge in [-0.25, -0.2) is 0 Å². The average Bonchev–Trinajstić information content (AvgIpc) is 2.33. The molecule has 1 unspecified atom stereocenters. The van der Waals surface area contributed by atoms with Crippen molar-refractivity contribution in [1.29, 1.82) is 0 Å². The van der Waals surface area contributed by atoms with Gasteiger partial charge in [-0.3, -0.25) is 4.98 Å². The van der Waals surface area contributed by atoms with Gasteiger partial charge in [-0.1, -0.05) is 37.9 Å². The second-order valence-electron chi connectivity index (χ2n) is 3.66. The third kappa shape index (κ3) is 3.54. The van der Waals surface area contributed by atoms with Gasteiger partial charge in [0.2, 0.25) is 0 Å². The first kappa shape index (κ1) is 13.1. The smallest absolute Gasteiger partial charge is 0.0652 e. The molecule has 88 valence electrons. The third-order valence-electron chi connectivity index (χ3n) is 2.41. The van der Waals surface area contributed by atoms with Gasteiger partial charge in [0.25, 0.3) is 0 Å². The molecule has 4 heteroatoms. The van der Waals surface area contributed by atoms with Gasteiger partial charge in [0.05, 0.1) is 5.38 Å². The number of benzene rings is 1. The van der Waals surface area contributed by atoms with Crippen LogP contribution in [0.1, 0.15) is 16.6 Å². The van der Waals surface area contributed by atoms with E-state index in [1.54, 1.807) is 6.20 Å². The van der Waals surface area contributed by atoms with Crippen LogP contribution in [0.15, 0.2) is 51.5 Å². The van der Waals surface area contributed by atoms with E-state index in [1.165, 1.54) is 0 Å². The van der Waals surface area contributed by atoms with E-state index < -0.39 is 0 Å². The van der Waals surface area contributed by atoms with Gasteiger partial charge < -0.3 is 0 Å². The SMILES string of the molecule is ClC(Cc1ccccn1)c1cc(Br)ccc1Br. The Balaban J connectivity index is 2.20. The second kappa shape index (κ2) is 5.98. The minimum absolute atomic E-state index is 0.0863. The maximum atomic E-state index is 6.43. The molecule has 1 atom stereocenters. The predicted octanol–water partition coefficient (Wildman–Crippen LogP) is 5.13. The molecule has 0 amide bonds. The monoisotopic (exact) mass is 373 g/mol. The Morgan fingerprint density at radius 1 is 1.18 bits per heavy atom. The molecule has 1 aromatic carbocycles. The number of hydrogen-bond acceptors (Lipinski definition) is 1. The zero-order chi connectivity index (χ0) is 12.3. The van der Waals surface area contributed by atoms with Crippen LogP contribution in [0.25, 0.3) is 0 Å². The van der Waals surface area contributed by atoms with Crippen molar-refractivity contribution in [2.24, 2.45) is 0 Å². The minimum atomic E-state index is -0.0863. The molecule has 1 heterocycles. The number of pyridine rings is 1. The molecule has 0 spiro atoms. The van der Waals surface area contributed by atoms with Crippen LogP contribution in [0.3, 0.4) is 0 Å². The lowest BCUT2D eigenvalue weighted by molar-refractivity contribution is 0.876. The van der Waals surface area contributed by atoms with Gasteiger partial charge in [0.15, 0.2) is 0 Å². The van der Waals surface area contributed by atoms with Crippen molar-refractivity contribution in [3.63, 3.8) is 0 Å². The molecule has 17 heavy (non-hydrogen) atoms. The molecule has 0 aliphatic rings. The van der Waals surface area contributed by atoms with E-state index in [2.05, 4.69) is 36.8 Å². The maximum Gasteiger partial charge on any atom is 0.0652 e. The summed E-state index contributed by atoms with van der Waals surface area (Å²) >= 11 is 13.4. The van der Waals surface area contributed by atoms with Crippen LogP contribution in [-0.2, 0) is 6.42 Å². The molecule has 2 aromatic rings. The first-order valence-corrected chi connectivity index (χ1v) is 7.18. The molecule has 0 aliphatic carbocycles. The van der Waals surface area contributed by atoms with Crippen molar-refractivity contribution < 1.29 is 0 Å². The number of alkyl halides is 1. The summed E-state index contributed by atoms with van der Waals surface area (Å²) in [5.41, 5.74) is 2.08. The molecule has 0 fully saturated rings. The third-order valence-corrected chi connectivity index (χ3v) is 4.01. The van der Waals surface area contributed by atoms with Gasteiger partial charge in [-0.05, 0) is 35.9 Å². The lowest BCUT2D eigenvalue weighted by Gasteiger charge is -2.12. The molecule has 0 saturated heterocycles. The summed E-state index contributed by atoms with van der Waals surface area (Å²) in [5, 5.41) is -0.0863. The van der Waals surface area contributed by atoms with E-state index in [-0.39, 0.29) is 5.38 Å². The molecule has 0 N–H and O–H groups in total. The highest BCUT2D eigenvalue weighted by Gasteiger charge is 2.13. The molecule has 0 radical (unpaired) electrons. The van der Waals surface area contributed by atoms with Gasteiger partial charge in [-0.15, -0.1) is 11.6 Å². The first-order valence-electron chi connectivity index (χ1n) is 5.16. The zero-order valence-corrected chi connectivity index (χ0v) is 12.8. The largest absolute Gasteiger partial charge is 0.261 e. The Bertz CT molecular complexity index is 502. The van der Waals surface area contributed by atoms with E-state index >= 15 is 0 Å². The Hall–Kier alpha value is -0.380. The molecule has 0 saturated carbocycles. The highest BCUT2D eigenvalue weighted by atomic mass is 79.9. The van der Waals surface area contributed by atoms with Crippen molar-refractivity contribution in [3.8, 4) is 0 Å². The summed E-state index contributed by atoms with van der Waals surface area (Å²) in [6.45, 7) is 0.